The van der Waals surface area contributed by atoms with Gasteiger partial charge in [0.1, 0.15) is 5.75 Å². The molecule has 2 aromatic rings. The topological polar surface area (TPSA) is 70.6 Å². The summed E-state index contributed by atoms with van der Waals surface area (Å²) in [4.78, 5) is 12.4. The largest absolute Gasteiger partial charge is 0.495 e. The first-order valence-corrected chi connectivity index (χ1v) is 8.72. The van der Waals surface area contributed by atoms with Crippen molar-refractivity contribution < 1.29 is 27.8 Å². The highest BCUT2D eigenvalue weighted by Crippen LogP contribution is 2.32. The lowest BCUT2D eigenvalue weighted by Gasteiger charge is -2.17. The lowest BCUT2D eigenvalue weighted by atomic mass is 10.1. The van der Waals surface area contributed by atoms with Crippen molar-refractivity contribution in [2.45, 2.75) is 25.7 Å². The van der Waals surface area contributed by atoms with Gasteiger partial charge in [-0.2, -0.15) is 13.2 Å². The molecule has 9 heteroatoms. The Morgan fingerprint density at radius 1 is 1.25 bits per heavy atom. The highest BCUT2D eigenvalue weighted by molar-refractivity contribution is 6.32. The Morgan fingerprint density at radius 3 is 2.54 bits per heavy atom. The van der Waals surface area contributed by atoms with Gasteiger partial charge in [0.25, 0.3) is 5.91 Å². The van der Waals surface area contributed by atoms with Crippen LogP contribution in [0, 0.1) is 0 Å². The minimum Gasteiger partial charge on any atom is -0.495 e. The van der Waals surface area contributed by atoms with Gasteiger partial charge in [-0.15, -0.1) is 0 Å². The van der Waals surface area contributed by atoms with Gasteiger partial charge in [0, 0.05) is 18.3 Å². The fourth-order valence-electron chi connectivity index (χ4n) is 2.43. The number of rotatable bonds is 7. The molecule has 152 valence electrons. The second kappa shape index (κ2) is 9.16. The summed E-state index contributed by atoms with van der Waals surface area (Å²) in [5, 5.41) is 14.9. The smallest absolute Gasteiger partial charge is 0.416 e. The summed E-state index contributed by atoms with van der Waals surface area (Å²) in [6, 6.07) is 7.35. The number of nitrogens with one attached hydrogen (secondary N) is 2. The van der Waals surface area contributed by atoms with Crippen LogP contribution in [0.5, 0.6) is 5.75 Å². The third-order valence-corrected chi connectivity index (χ3v) is 4.24. The Labute approximate surface area is 165 Å². The standard InChI is InChI=1S/C19H20ClF3N2O3/c1-11(10-26)25-18(27)14-8-13(19(21,22)23)4-5-16(14)24-9-12-3-6-17(28-2)15(20)7-12/h3-8,11,24,26H,9-10H2,1-2H3,(H,25,27). The van der Waals surface area contributed by atoms with E-state index in [0.717, 1.165) is 17.7 Å². The van der Waals surface area contributed by atoms with Gasteiger partial charge in [-0.25, -0.2) is 0 Å². The first-order chi connectivity index (χ1) is 13.2. The molecule has 0 aliphatic heterocycles. The molecule has 2 rings (SSSR count). The number of carbonyl (C=O) groups excluding carboxylic acids is 1. The summed E-state index contributed by atoms with van der Waals surface area (Å²) < 4.78 is 44.2. The van der Waals surface area contributed by atoms with Gasteiger partial charge in [0.05, 0.1) is 29.9 Å². The molecule has 1 amide bonds. The number of alkyl halides is 3. The van der Waals surface area contributed by atoms with Gasteiger partial charge in [-0.3, -0.25) is 4.79 Å². The highest BCUT2D eigenvalue weighted by atomic mass is 35.5. The van der Waals surface area contributed by atoms with Crippen LogP contribution in [-0.2, 0) is 12.7 Å². The molecule has 0 spiro atoms. The van der Waals surface area contributed by atoms with Crippen molar-refractivity contribution in [1.29, 1.82) is 0 Å². The van der Waals surface area contributed by atoms with Crippen molar-refractivity contribution in [3.05, 3.63) is 58.1 Å². The van der Waals surface area contributed by atoms with Crippen LogP contribution in [0.1, 0.15) is 28.4 Å². The monoisotopic (exact) mass is 416 g/mol. The third-order valence-electron chi connectivity index (χ3n) is 3.94. The minimum atomic E-state index is -4.58. The number of halogens is 4. The van der Waals surface area contributed by atoms with E-state index >= 15 is 0 Å². The van der Waals surface area contributed by atoms with Crippen molar-refractivity contribution >= 4 is 23.2 Å². The molecule has 0 aliphatic carbocycles. The molecule has 0 fully saturated rings. The van der Waals surface area contributed by atoms with E-state index in [4.69, 9.17) is 21.4 Å². The first-order valence-electron chi connectivity index (χ1n) is 8.35. The van der Waals surface area contributed by atoms with Gasteiger partial charge >= 0.3 is 6.18 Å². The highest BCUT2D eigenvalue weighted by Gasteiger charge is 2.32. The second-order valence-corrected chi connectivity index (χ2v) is 6.54. The maximum absolute atomic E-state index is 13.0. The summed E-state index contributed by atoms with van der Waals surface area (Å²) in [5.74, 6) is -0.221. The van der Waals surface area contributed by atoms with Gasteiger partial charge in [-0.05, 0) is 42.8 Å². The SMILES string of the molecule is COc1ccc(CNc2ccc(C(F)(F)F)cc2C(=O)NC(C)CO)cc1Cl. The van der Waals surface area contributed by atoms with E-state index in [2.05, 4.69) is 10.6 Å². The van der Waals surface area contributed by atoms with Crippen molar-refractivity contribution in [2.24, 2.45) is 0 Å². The molecular formula is C19H20ClF3N2O3. The fraction of sp³-hybridized carbons (Fsp3) is 0.316. The van der Waals surface area contributed by atoms with E-state index in [0.29, 0.717) is 10.8 Å². The lowest BCUT2D eigenvalue weighted by Crippen LogP contribution is -2.35. The second-order valence-electron chi connectivity index (χ2n) is 6.14. The number of aliphatic hydroxyl groups excluding tert-OH is 1. The quantitative estimate of drug-likeness (QED) is 0.635. The Balaban J connectivity index is 2.29. The predicted molar refractivity (Wildman–Crippen MR) is 101 cm³/mol. The van der Waals surface area contributed by atoms with E-state index in [9.17, 15) is 18.0 Å². The molecule has 0 bridgehead atoms. The molecule has 1 atom stereocenters. The molecule has 5 nitrogen and oxygen atoms in total. The molecule has 0 aromatic heterocycles. The summed E-state index contributed by atoms with van der Waals surface area (Å²) in [5.41, 5.74) is -0.134. The van der Waals surface area contributed by atoms with Crippen LogP contribution in [0.25, 0.3) is 0 Å². The number of hydrogen-bond acceptors (Lipinski definition) is 4. The van der Waals surface area contributed by atoms with Crippen LogP contribution in [0.2, 0.25) is 5.02 Å². The van der Waals surface area contributed by atoms with Crippen LogP contribution in [0.4, 0.5) is 18.9 Å². The predicted octanol–water partition coefficient (Wildman–Crippen LogP) is 4.09. The summed E-state index contributed by atoms with van der Waals surface area (Å²) >= 11 is 6.07. The van der Waals surface area contributed by atoms with Crippen LogP contribution in [-0.4, -0.2) is 30.8 Å². The fourth-order valence-corrected chi connectivity index (χ4v) is 2.71. The van der Waals surface area contributed by atoms with E-state index in [1.165, 1.54) is 20.1 Å². The van der Waals surface area contributed by atoms with Gasteiger partial charge in [0.15, 0.2) is 0 Å². The van der Waals surface area contributed by atoms with Crippen LogP contribution in [0.3, 0.4) is 0 Å². The number of carbonyl (C=O) groups is 1. The van der Waals surface area contributed by atoms with Crippen molar-refractivity contribution in [1.82, 2.24) is 5.32 Å². The summed E-state index contributed by atoms with van der Waals surface area (Å²) in [6.45, 7) is 1.43. The van der Waals surface area contributed by atoms with Crippen molar-refractivity contribution in [2.75, 3.05) is 19.0 Å². The number of amides is 1. The molecule has 2 aromatic carbocycles. The van der Waals surface area contributed by atoms with Crippen molar-refractivity contribution in [3.8, 4) is 5.75 Å². The van der Waals surface area contributed by atoms with Gasteiger partial charge in [0.2, 0.25) is 0 Å². The first kappa shape index (κ1) is 21.8. The van der Waals surface area contributed by atoms with E-state index < -0.39 is 23.7 Å². The van der Waals surface area contributed by atoms with Crippen LogP contribution < -0.4 is 15.4 Å². The van der Waals surface area contributed by atoms with Gasteiger partial charge < -0.3 is 20.5 Å². The van der Waals surface area contributed by atoms with Crippen LogP contribution >= 0.6 is 11.6 Å². The van der Waals surface area contributed by atoms with E-state index in [-0.39, 0.29) is 24.4 Å². The Bertz CT molecular complexity index is 844. The maximum Gasteiger partial charge on any atom is 0.416 e. The van der Waals surface area contributed by atoms with Crippen LogP contribution in [0.15, 0.2) is 36.4 Å². The third kappa shape index (κ3) is 5.53. The van der Waals surface area contributed by atoms with E-state index in [1.54, 1.807) is 18.2 Å². The Morgan fingerprint density at radius 2 is 1.96 bits per heavy atom. The average molecular weight is 417 g/mol. The summed E-state index contributed by atoms with van der Waals surface area (Å²) in [6.07, 6.45) is -4.58. The molecule has 0 saturated heterocycles. The summed E-state index contributed by atoms with van der Waals surface area (Å²) in [7, 11) is 1.49. The zero-order valence-electron chi connectivity index (χ0n) is 15.2. The molecule has 0 saturated carbocycles. The number of aliphatic hydroxyl groups is 1. The Hall–Kier alpha value is -2.45. The molecule has 28 heavy (non-hydrogen) atoms. The number of benzene rings is 2. The molecular weight excluding hydrogens is 397 g/mol. The number of anilines is 1. The molecule has 0 aliphatic rings. The van der Waals surface area contributed by atoms with E-state index in [1.807, 2.05) is 0 Å². The van der Waals surface area contributed by atoms with Crippen molar-refractivity contribution in [3.63, 3.8) is 0 Å². The number of hydrogen-bond donors (Lipinski definition) is 3. The zero-order chi connectivity index (χ0) is 20.9. The minimum absolute atomic E-state index is 0.172. The molecule has 0 radical (unpaired) electrons. The Kier molecular flexibility index (Phi) is 7.15. The lowest BCUT2D eigenvalue weighted by molar-refractivity contribution is -0.137. The molecule has 3 N–H and O–H groups in total. The zero-order valence-corrected chi connectivity index (χ0v) is 16.0. The number of ether oxygens (including phenoxy) is 1. The normalized spacial score (nSPS) is 12.4. The number of methoxy groups -OCH3 is 1. The average Bonchev–Trinajstić information content (AvgIpc) is 2.65. The maximum atomic E-state index is 13.0. The molecule has 0 heterocycles. The van der Waals surface area contributed by atoms with Gasteiger partial charge in [-0.1, -0.05) is 17.7 Å². The molecule has 1 unspecified atom stereocenters.